The van der Waals surface area contributed by atoms with Crippen molar-refractivity contribution < 1.29 is 18.0 Å². The van der Waals surface area contributed by atoms with E-state index in [1.807, 2.05) is 0 Å². The molecule has 0 fully saturated rings. The van der Waals surface area contributed by atoms with Gasteiger partial charge in [-0.3, -0.25) is 9.78 Å². The Balaban J connectivity index is 2.75. The zero-order valence-electron chi connectivity index (χ0n) is 11.5. The van der Waals surface area contributed by atoms with E-state index >= 15 is 0 Å². The highest BCUT2D eigenvalue weighted by Gasteiger charge is 2.41. The summed E-state index contributed by atoms with van der Waals surface area (Å²) in [6.07, 6.45) is -2.47. The van der Waals surface area contributed by atoms with E-state index in [0.29, 0.717) is 29.3 Å². The number of aryl methyl sites for hydroxylation is 2. The minimum Gasteiger partial charge on any atom is -0.284 e. The number of halogens is 3. The molecule has 21 heavy (non-hydrogen) atoms. The van der Waals surface area contributed by atoms with E-state index in [-0.39, 0.29) is 11.3 Å². The molecule has 0 saturated carbocycles. The van der Waals surface area contributed by atoms with Crippen LogP contribution in [0.1, 0.15) is 28.0 Å². The van der Waals surface area contributed by atoms with Crippen LogP contribution in [0.15, 0.2) is 36.9 Å². The van der Waals surface area contributed by atoms with Crippen molar-refractivity contribution in [3.63, 3.8) is 0 Å². The van der Waals surface area contributed by atoms with Gasteiger partial charge in [-0.25, -0.2) is 0 Å². The van der Waals surface area contributed by atoms with Crippen LogP contribution in [-0.4, -0.2) is 16.9 Å². The first kappa shape index (κ1) is 15.2. The average molecular weight is 293 g/mol. The van der Waals surface area contributed by atoms with Crippen LogP contribution in [0.4, 0.5) is 13.2 Å². The third-order valence-corrected chi connectivity index (χ3v) is 3.26. The number of hydrogen-bond donors (Lipinski definition) is 0. The summed E-state index contributed by atoms with van der Waals surface area (Å²) in [6, 6.07) is 6.89. The molecule has 110 valence electrons. The highest BCUT2D eigenvalue weighted by atomic mass is 19.4. The maximum absolute atomic E-state index is 12.8. The molecule has 0 unspecified atom stereocenters. The number of hydrogen-bond acceptors (Lipinski definition) is 2. The van der Waals surface area contributed by atoms with E-state index in [9.17, 15) is 18.0 Å². The Morgan fingerprint density at radius 3 is 2.62 bits per heavy atom. The van der Waals surface area contributed by atoms with Crippen molar-refractivity contribution in [3.05, 3.63) is 53.7 Å². The Morgan fingerprint density at radius 1 is 1.33 bits per heavy atom. The van der Waals surface area contributed by atoms with Gasteiger partial charge in [-0.05, 0) is 31.4 Å². The molecule has 0 atom stereocenters. The van der Waals surface area contributed by atoms with Crippen LogP contribution in [-0.2, 0) is 6.42 Å². The number of nitrogens with zero attached hydrogens (tertiary/aromatic N) is 1. The fraction of sp³-hybridized carbons (Fsp3) is 0.250. The predicted molar refractivity (Wildman–Crippen MR) is 75.4 cm³/mol. The molecule has 1 heterocycles. The smallest absolute Gasteiger partial charge is 0.284 e. The molecule has 0 radical (unpaired) electrons. The van der Waals surface area contributed by atoms with Gasteiger partial charge in [0.1, 0.15) is 0 Å². The number of carbonyl (C=O) groups excluding carboxylic acids is 1. The third kappa shape index (κ3) is 2.96. The molecule has 0 aliphatic carbocycles. The summed E-state index contributed by atoms with van der Waals surface area (Å²) in [5.74, 6) is -1.84. The number of fused-ring (bicyclic) bond motifs is 1. The van der Waals surface area contributed by atoms with E-state index in [4.69, 9.17) is 0 Å². The van der Waals surface area contributed by atoms with Gasteiger partial charge in [0.25, 0.3) is 5.78 Å². The quantitative estimate of drug-likeness (QED) is 0.617. The van der Waals surface area contributed by atoms with E-state index in [0.717, 1.165) is 0 Å². The SMILES string of the molecule is C=CCCc1c(C(=O)C(F)(F)F)c(C)nc2ccccc12. The Labute approximate surface area is 120 Å². The summed E-state index contributed by atoms with van der Waals surface area (Å²) < 4.78 is 38.5. The number of para-hydroxylation sites is 1. The van der Waals surface area contributed by atoms with Gasteiger partial charge in [-0.1, -0.05) is 24.3 Å². The minimum absolute atomic E-state index is 0.107. The van der Waals surface area contributed by atoms with Crippen molar-refractivity contribution in [3.8, 4) is 0 Å². The molecule has 0 bridgehead atoms. The van der Waals surface area contributed by atoms with Crippen molar-refractivity contribution >= 4 is 16.7 Å². The summed E-state index contributed by atoms with van der Waals surface area (Å²) in [4.78, 5) is 15.9. The van der Waals surface area contributed by atoms with Gasteiger partial charge >= 0.3 is 6.18 Å². The monoisotopic (exact) mass is 293 g/mol. The van der Waals surface area contributed by atoms with Crippen LogP contribution < -0.4 is 0 Å². The molecule has 0 amide bonds. The van der Waals surface area contributed by atoms with Gasteiger partial charge in [-0.15, -0.1) is 6.58 Å². The molecule has 2 nitrogen and oxygen atoms in total. The molecular formula is C16H14F3NO. The number of pyridine rings is 1. The molecule has 1 aromatic carbocycles. The van der Waals surface area contributed by atoms with E-state index in [1.54, 1.807) is 30.3 Å². The Bertz CT molecular complexity index is 704. The number of alkyl halides is 3. The molecule has 0 N–H and O–H groups in total. The van der Waals surface area contributed by atoms with Crippen molar-refractivity contribution in [1.82, 2.24) is 4.98 Å². The Hall–Kier alpha value is -2.17. The second kappa shape index (κ2) is 5.68. The number of benzene rings is 1. The summed E-state index contributed by atoms with van der Waals surface area (Å²) in [5.41, 5.74) is 0.756. The number of aromatic nitrogens is 1. The second-order valence-corrected chi connectivity index (χ2v) is 4.72. The van der Waals surface area contributed by atoms with Crippen molar-refractivity contribution in [2.75, 3.05) is 0 Å². The number of Topliss-reactive ketones (excluding diaryl/α,β-unsaturated/α-hetero) is 1. The second-order valence-electron chi connectivity index (χ2n) is 4.72. The highest BCUT2D eigenvalue weighted by Crippen LogP contribution is 2.30. The zero-order valence-corrected chi connectivity index (χ0v) is 11.5. The van der Waals surface area contributed by atoms with Crippen molar-refractivity contribution in [2.24, 2.45) is 0 Å². The van der Waals surface area contributed by atoms with E-state index in [2.05, 4.69) is 11.6 Å². The summed E-state index contributed by atoms with van der Waals surface area (Å²) >= 11 is 0. The fourth-order valence-electron chi connectivity index (χ4n) is 2.37. The van der Waals surface area contributed by atoms with Gasteiger partial charge in [0.15, 0.2) is 0 Å². The zero-order chi connectivity index (χ0) is 15.6. The lowest BCUT2D eigenvalue weighted by molar-refractivity contribution is -0.0886. The lowest BCUT2D eigenvalue weighted by Crippen LogP contribution is -2.25. The molecule has 5 heteroatoms. The molecule has 2 rings (SSSR count). The van der Waals surface area contributed by atoms with Crippen LogP contribution in [0.25, 0.3) is 10.9 Å². The van der Waals surface area contributed by atoms with Gasteiger partial charge < -0.3 is 0 Å². The number of ketones is 1. The lowest BCUT2D eigenvalue weighted by atomic mass is 9.94. The number of allylic oxidation sites excluding steroid dienone is 1. The molecule has 2 aromatic rings. The van der Waals surface area contributed by atoms with Crippen molar-refractivity contribution in [1.29, 1.82) is 0 Å². The maximum Gasteiger partial charge on any atom is 0.454 e. The summed E-state index contributed by atoms with van der Waals surface area (Å²) in [7, 11) is 0. The van der Waals surface area contributed by atoms with Crippen LogP contribution in [0, 0.1) is 6.92 Å². The molecule has 1 aromatic heterocycles. The third-order valence-electron chi connectivity index (χ3n) is 3.26. The standard InChI is InChI=1S/C16H14F3NO/c1-3-4-7-12-11-8-5-6-9-13(11)20-10(2)14(12)15(21)16(17,18)19/h3,5-6,8-9H,1,4,7H2,2H3. The molecular weight excluding hydrogens is 279 g/mol. The van der Waals surface area contributed by atoms with Crippen molar-refractivity contribution in [2.45, 2.75) is 25.9 Å². The number of carbonyl (C=O) groups is 1. The summed E-state index contributed by atoms with van der Waals surface area (Å²) in [5, 5.41) is 0.581. The Morgan fingerprint density at radius 2 is 2.00 bits per heavy atom. The Kier molecular flexibility index (Phi) is 4.11. The molecule has 0 spiro atoms. The molecule has 0 saturated heterocycles. The first-order chi connectivity index (χ1) is 9.86. The van der Waals surface area contributed by atoms with Gasteiger partial charge in [0.05, 0.1) is 11.1 Å². The van der Waals surface area contributed by atoms with Crippen LogP contribution in [0.2, 0.25) is 0 Å². The van der Waals surface area contributed by atoms with Gasteiger partial charge in [0, 0.05) is 11.1 Å². The van der Waals surface area contributed by atoms with Crippen LogP contribution in [0.5, 0.6) is 0 Å². The first-order valence-electron chi connectivity index (χ1n) is 6.47. The normalized spacial score (nSPS) is 11.6. The topological polar surface area (TPSA) is 30.0 Å². The molecule has 0 aliphatic heterocycles. The molecule has 0 aliphatic rings. The predicted octanol–water partition coefficient (Wildman–Crippen LogP) is 4.41. The highest BCUT2D eigenvalue weighted by molar-refractivity contribution is 6.05. The number of rotatable bonds is 4. The van der Waals surface area contributed by atoms with E-state index in [1.165, 1.54) is 6.92 Å². The average Bonchev–Trinajstić information content (AvgIpc) is 2.42. The van der Waals surface area contributed by atoms with Crippen LogP contribution >= 0.6 is 0 Å². The lowest BCUT2D eigenvalue weighted by Gasteiger charge is -2.15. The van der Waals surface area contributed by atoms with Gasteiger partial charge in [-0.2, -0.15) is 13.2 Å². The minimum atomic E-state index is -4.90. The van der Waals surface area contributed by atoms with E-state index < -0.39 is 12.0 Å². The first-order valence-corrected chi connectivity index (χ1v) is 6.47. The van der Waals surface area contributed by atoms with Gasteiger partial charge in [0.2, 0.25) is 0 Å². The summed E-state index contributed by atoms with van der Waals surface area (Å²) in [6.45, 7) is 5.01. The van der Waals surface area contributed by atoms with Crippen LogP contribution in [0.3, 0.4) is 0 Å². The largest absolute Gasteiger partial charge is 0.454 e. The fourth-order valence-corrected chi connectivity index (χ4v) is 2.37. The maximum atomic E-state index is 12.8.